The SMILES string of the molecule is CCCN(C(=O)c1cnc(C)cc1NCC)C(C)C. The van der Waals surface area contributed by atoms with E-state index in [1.807, 2.05) is 38.7 Å². The molecule has 1 aromatic rings. The maximum atomic E-state index is 12.6. The Hall–Kier alpha value is -1.58. The summed E-state index contributed by atoms with van der Waals surface area (Å²) in [5.74, 6) is 0.0558. The first-order chi connectivity index (χ1) is 9.01. The van der Waals surface area contributed by atoms with E-state index in [0.29, 0.717) is 5.56 Å². The summed E-state index contributed by atoms with van der Waals surface area (Å²) in [5.41, 5.74) is 2.45. The van der Waals surface area contributed by atoms with Gasteiger partial charge in [-0.15, -0.1) is 0 Å². The average Bonchev–Trinajstić information content (AvgIpc) is 2.35. The molecule has 4 nitrogen and oxygen atoms in total. The van der Waals surface area contributed by atoms with E-state index >= 15 is 0 Å². The Bertz CT molecular complexity index is 429. The first kappa shape index (κ1) is 15.5. The summed E-state index contributed by atoms with van der Waals surface area (Å²) >= 11 is 0. The number of nitrogens with zero attached hydrogens (tertiary/aromatic N) is 2. The fourth-order valence-electron chi connectivity index (χ4n) is 2.06. The number of aryl methyl sites for hydroxylation is 1. The molecule has 1 N–H and O–H groups in total. The molecule has 0 aliphatic heterocycles. The lowest BCUT2D eigenvalue weighted by Gasteiger charge is -2.27. The van der Waals surface area contributed by atoms with E-state index in [4.69, 9.17) is 0 Å². The molecule has 0 aliphatic carbocycles. The molecule has 0 spiro atoms. The largest absolute Gasteiger partial charge is 0.385 e. The molecule has 0 fully saturated rings. The number of aromatic nitrogens is 1. The fourth-order valence-corrected chi connectivity index (χ4v) is 2.06. The lowest BCUT2D eigenvalue weighted by Crippen LogP contribution is -2.38. The zero-order valence-electron chi connectivity index (χ0n) is 12.7. The van der Waals surface area contributed by atoms with Gasteiger partial charge in [0.15, 0.2) is 0 Å². The van der Waals surface area contributed by atoms with Gasteiger partial charge in [0.25, 0.3) is 5.91 Å². The third kappa shape index (κ3) is 3.94. The van der Waals surface area contributed by atoms with E-state index in [-0.39, 0.29) is 11.9 Å². The van der Waals surface area contributed by atoms with Gasteiger partial charge in [0.1, 0.15) is 0 Å². The van der Waals surface area contributed by atoms with Crippen molar-refractivity contribution in [2.45, 2.75) is 47.1 Å². The molecule has 0 saturated carbocycles. The van der Waals surface area contributed by atoms with Crippen LogP contribution in [0.15, 0.2) is 12.3 Å². The minimum absolute atomic E-state index is 0.0558. The van der Waals surface area contributed by atoms with E-state index in [1.165, 1.54) is 0 Å². The first-order valence-corrected chi connectivity index (χ1v) is 7.02. The van der Waals surface area contributed by atoms with Crippen LogP contribution < -0.4 is 5.32 Å². The van der Waals surface area contributed by atoms with Gasteiger partial charge in [-0.2, -0.15) is 0 Å². The Morgan fingerprint density at radius 3 is 2.63 bits per heavy atom. The molecule has 1 aromatic heterocycles. The van der Waals surface area contributed by atoms with Crippen molar-refractivity contribution in [2.24, 2.45) is 0 Å². The van der Waals surface area contributed by atoms with Gasteiger partial charge in [-0.3, -0.25) is 9.78 Å². The molecular formula is C15H25N3O. The molecule has 106 valence electrons. The summed E-state index contributed by atoms with van der Waals surface area (Å²) in [6.07, 6.45) is 2.64. The number of amides is 1. The van der Waals surface area contributed by atoms with Gasteiger partial charge in [0.2, 0.25) is 0 Å². The van der Waals surface area contributed by atoms with Crippen molar-refractivity contribution in [1.82, 2.24) is 9.88 Å². The topological polar surface area (TPSA) is 45.2 Å². The minimum atomic E-state index is 0.0558. The van der Waals surface area contributed by atoms with Crippen molar-refractivity contribution in [3.8, 4) is 0 Å². The standard InChI is InChI=1S/C15H25N3O/c1-6-8-18(11(3)4)15(19)13-10-17-12(5)9-14(13)16-7-2/h9-11H,6-8H2,1-5H3,(H,16,17). The summed E-state index contributed by atoms with van der Waals surface area (Å²) in [6, 6.07) is 2.13. The van der Waals surface area contributed by atoms with Crippen LogP contribution in [0.1, 0.15) is 50.2 Å². The average molecular weight is 263 g/mol. The van der Waals surface area contributed by atoms with Crippen LogP contribution in [0.4, 0.5) is 5.69 Å². The lowest BCUT2D eigenvalue weighted by molar-refractivity contribution is 0.0706. The third-order valence-electron chi connectivity index (χ3n) is 2.99. The Morgan fingerprint density at radius 1 is 1.42 bits per heavy atom. The van der Waals surface area contributed by atoms with Gasteiger partial charge in [-0.1, -0.05) is 6.92 Å². The van der Waals surface area contributed by atoms with Crippen LogP contribution in [-0.2, 0) is 0 Å². The zero-order valence-corrected chi connectivity index (χ0v) is 12.7. The van der Waals surface area contributed by atoms with E-state index in [1.54, 1.807) is 6.20 Å². The highest BCUT2D eigenvalue weighted by molar-refractivity contribution is 5.99. The Kier molecular flexibility index (Phi) is 5.80. The molecule has 19 heavy (non-hydrogen) atoms. The number of anilines is 1. The quantitative estimate of drug-likeness (QED) is 0.858. The summed E-state index contributed by atoms with van der Waals surface area (Å²) in [6.45, 7) is 11.7. The van der Waals surface area contributed by atoms with Crippen LogP contribution in [0, 0.1) is 6.92 Å². The van der Waals surface area contributed by atoms with Gasteiger partial charge in [0.05, 0.1) is 11.3 Å². The number of rotatable bonds is 6. The first-order valence-electron chi connectivity index (χ1n) is 7.02. The second kappa shape index (κ2) is 7.12. The molecule has 0 aromatic carbocycles. The van der Waals surface area contributed by atoms with Crippen molar-refractivity contribution >= 4 is 11.6 Å². The molecule has 1 rings (SSSR count). The predicted molar refractivity (Wildman–Crippen MR) is 79.6 cm³/mol. The number of pyridine rings is 1. The molecular weight excluding hydrogens is 238 g/mol. The van der Waals surface area contributed by atoms with Crippen molar-refractivity contribution in [3.05, 3.63) is 23.5 Å². The van der Waals surface area contributed by atoms with Gasteiger partial charge in [-0.05, 0) is 40.2 Å². The number of carbonyl (C=O) groups excluding carboxylic acids is 1. The molecule has 4 heteroatoms. The normalized spacial score (nSPS) is 10.6. The summed E-state index contributed by atoms with van der Waals surface area (Å²) in [5, 5.41) is 3.25. The Balaban J connectivity index is 3.09. The number of carbonyl (C=O) groups is 1. The highest BCUT2D eigenvalue weighted by atomic mass is 16.2. The summed E-state index contributed by atoms with van der Waals surface area (Å²) in [7, 11) is 0. The maximum absolute atomic E-state index is 12.6. The third-order valence-corrected chi connectivity index (χ3v) is 2.99. The molecule has 0 radical (unpaired) electrons. The van der Waals surface area contributed by atoms with Crippen LogP contribution in [0.25, 0.3) is 0 Å². The van der Waals surface area contributed by atoms with E-state index in [9.17, 15) is 4.79 Å². The fraction of sp³-hybridized carbons (Fsp3) is 0.600. The van der Waals surface area contributed by atoms with Crippen LogP contribution in [0.3, 0.4) is 0 Å². The summed E-state index contributed by atoms with van der Waals surface area (Å²) in [4.78, 5) is 18.8. The van der Waals surface area contributed by atoms with Crippen LogP contribution in [0.2, 0.25) is 0 Å². The van der Waals surface area contributed by atoms with Gasteiger partial charge >= 0.3 is 0 Å². The molecule has 1 heterocycles. The molecule has 0 bridgehead atoms. The van der Waals surface area contributed by atoms with E-state index < -0.39 is 0 Å². The highest BCUT2D eigenvalue weighted by Gasteiger charge is 2.21. The zero-order chi connectivity index (χ0) is 14.4. The van der Waals surface area contributed by atoms with Crippen molar-refractivity contribution in [1.29, 1.82) is 0 Å². The van der Waals surface area contributed by atoms with Crippen molar-refractivity contribution in [3.63, 3.8) is 0 Å². The molecule has 1 amide bonds. The second-order valence-electron chi connectivity index (χ2n) is 4.99. The Labute approximate surface area is 116 Å². The van der Waals surface area contributed by atoms with Gasteiger partial charge in [-0.25, -0.2) is 0 Å². The van der Waals surface area contributed by atoms with Crippen LogP contribution in [0.5, 0.6) is 0 Å². The number of nitrogens with one attached hydrogen (secondary N) is 1. The summed E-state index contributed by atoms with van der Waals surface area (Å²) < 4.78 is 0. The lowest BCUT2D eigenvalue weighted by atomic mass is 10.1. The predicted octanol–water partition coefficient (Wildman–Crippen LogP) is 3.08. The molecule has 0 aliphatic rings. The van der Waals surface area contributed by atoms with E-state index in [2.05, 4.69) is 17.2 Å². The van der Waals surface area contributed by atoms with E-state index in [0.717, 1.165) is 30.9 Å². The second-order valence-corrected chi connectivity index (χ2v) is 4.99. The van der Waals surface area contributed by atoms with Crippen molar-refractivity contribution < 1.29 is 4.79 Å². The Morgan fingerprint density at radius 2 is 2.11 bits per heavy atom. The number of hydrogen-bond acceptors (Lipinski definition) is 3. The maximum Gasteiger partial charge on any atom is 0.257 e. The van der Waals surface area contributed by atoms with Gasteiger partial charge in [0, 0.05) is 31.0 Å². The monoisotopic (exact) mass is 263 g/mol. The van der Waals surface area contributed by atoms with Crippen molar-refractivity contribution in [2.75, 3.05) is 18.4 Å². The minimum Gasteiger partial charge on any atom is -0.385 e. The molecule has 0 unspecified atom stereocenters. The van der Waals surface area contributed by atoms with Gasteiger partial charge < -0.3 is 10.2 Å². The highest BCUT2D eigenvalue weighted by Crippen LogP contribution is 2.19. The number of hydrogen-bond donors (Lipinski definition) is 1. The van der Waals surface area contributed by atoms with Crippen LogP contribution in [-0.4, -0.2) is 34.9 Å². The van der Waals surface area contributed by atoms with Crippen LogP contribution >= 0.6 is 0 Å². The molecule has 0 atom stereocenters. The smallest absolute Gasteiger partial charge is 0.257 e. The molecule has 0 saturated heterocycles.